The fourth-order valence-corrected chi connectivity index (χ4v) is 3.55. The number of carbonyl (C=O) groups is 1. The Bertz CT molecular complexity index is 1280. The van der Waals surface area contributed by atoms with E-state index in [1.54, 1.807) is 12.3 Å². The number of H-pyrrole nitrogens is 1. The van der Waals surface area contributed by atoms with Crippen molar-refractivity contribution in [1.29, 1.82) is 0 Å². The number of anilines is 6. The number of benzene rings is 2. The van der Waals surface area contributed by atoms with Crippen molar-refractivity contribution < 1.29 is 4.79 Å². The van der Waals surface area contributed by atoms with Gasteiger partial charge in [-0.05, 0) is 67.3 Å². The maximum absolute atomic E-state index is 12.3. The molecular weight excluding hydrogens is 428 g/mol. The zero-order valence-corrected chi connectivity index (χ0v) is 18.8. The predicted molar refractivity (Wildman–Crippen MR) is 134 cm³/mol. The van der Waals surface area contributed by atoms with E-state index in [-0.39, 0.29) is 6.03 Å². The average Bonchev–Trinajstić information content (AvgIpc) is 3.59. The van der Waals surface area contributed by atoms with Gasteiger partial charge in [0.05, 0.1) is 0 Å². The van der Waals surface area contributed by atoms with E-state index in [1.165, 1.54) is 18.4 Å². The highest BCUT2D eigenvalue weighted by atomic mass is 16.2. The highest BCUT2D eigenvalue weighted by Gasteiger charge is 2.25. The van der Waals surface area contributed by atoms with Crippen LogP contribution in [0.2, 0.25) is 0 Å². The van der Waals surface area contributed by atoms with Gasteiger partial charge in [-0.25, -0.2) is 9.78 Å². The van der Waals surface area contributed by atoms with Gasteiger partial charge in [0.1, 0.15) is 5.82 Å². The van der Waals surface area contributed by atoms with Crippen LogP contribution in [-0.4, -0.2) is 26.2 Å². The molecule has 5 N–H and O–H groups in total. The molecule has 0 saturated heterocycles. The molecule has 9 nitrogen and oxygen atoms in total. The van der Waals surface area contributed by atoms with Crippen LogP contribution in [0.4, 0.5) is 39.4 Å². The molecule has 34 heavy (non-hydrogen) atoms. The number of hydrogen-bond donors (Lipinski definition) is 5. The summed E-state index contributed by atoms with van der Waals surface area (Å²) in [6.45, 7) is 2.08. The van der Waals surface area contributed by atoms with Gasteiger partial charge in [-0.15, -0.1) is 0 Å². The highest BCUT2D eigenvalue weighted by molar-refractivity contribution is 5.99. The number of nitrogens with one attached hydrogen (secondary N) is 5. The van der Waals surface area contributed by atoms with Crippen LogP contribution >= 0.6 is 0 Å². The van der Waals surface area contributed by atoms with Crippen LogP contribution in [0.5, 0.6) is 0 Å². The summed E-state index contributed by atoms with van der Waals surface area (Å²) in [5.74, 6) is 2.45. The van der Waals surface area contributed by atoms with E-state index < -0.39 is 0 Å². The Hall–Kier alpha value is -4.40. The van der Waals surface area contributed by atoms with Gasteiger partial charge >= 0.3 is 6.03 Å². The molecule has 0 radical (unpaired) electrons. The molecule has 1 saturated carbocycles. The van der Waals surface area contributed by atoms with Crippen LogP contribution in [0.1, 0.15) is 36.9 Å². The van der Waals surface area contributed by atoms with Crippen molar-refractivity contribution in [3.63, 3.8) is 0 Å². The Morgan fingerprint density at radius 3 is 2.53 bits per heavy atom. The van der Waals surface area contributed by atoms with Gasteiger partial charge in [0, 0.05) is 40.9 Å². The SMILES string of the molecule is CCc1cccc(NC(=O)Nc2ccc(Nc3nccc(Nc4cc(C5CC5)[nH]n4)n3)cc2)c1. The number of amides is 2. The van der Waals surface area contributed by atoms with Crippen molar-refractivity contribution in [2.24, 2.45) is 0 Å². The normalized spacial score (nSPS) is 12.7. The highest BCUT2D eigenvalue weighted by Crippen LogP contribution is 2.39. The number of nitrogens with zero attached hydrogens (tertiary/aromatic N) is 3. The first kappa shape index (κ1) is 21.4. The molecule has 1 aliphatic carbocycles. The van der Waals surface area contributed by atoms with E-state index in [0.29, 0.717) is 23.4 Å². The lowest BCUT2D eigenvalue weighted by atomic mass is 10.1. The standard InChI is InChI=1S/C25H26N8O/c1-2-16-4-3-5-20(14-16)29-25(34)28-19-10-8-18(9-11-19)27-24-26-13-12-22(31-24)30-23-15-21(32-33-23)17-6-7-17/h3-5,8-15,17H,2,6-7H2,1H3,(H2,28,29,34)(H3,26,27,30,31,32,33). The zero-order valence-electron chi connectivity index (χ0n) is 18.8. The number of urea groups is 1. The van der Waals surface area contributed by atoms with E-state index in [0.717, 1.165) is 29.3 Å². The third kappa shape index (κ3) is 5.50. The summed E-state index contributed by atoms with van der Waals surface area (Å²) in [4.78, 5) is 21.1. The minimum absolute atomic E-state index is 0.292. The third-order valence-electron chi connectivity index (χ3n) is 5.52. The second-order valence-corrected chi connectivity index (χ2v) is 8.21. The number of hydrogen-bond acceptors (Lipinski definition) is 6. The van der Waals surface area contributed by atoms with Crippen molar-refractivity contribution in [3.05, 3.63) is 78.1 Å². The topological polar surface area (TPSA) is 120 Å². The van der Waals surface area contributed by atoms with Gasteiger partial charge in [-0.3, -0.25) is 5.10 Å². The Morgan fingerprint density at radius 1 is 0.941 bits per heavy atom. The summed E-state index contributed by atoms with van der Waals surface area (Å²) in [6, 6.07) is 18.7. The summed E-state index contributed by atoms with van der Waals surface area (Å²) in [5.41, 5.74) is 4.57. The fourth-order valence-electron chi connectivity index (χ4n) is 3.55. The van der Waals surface area contributed by atoms with Gasteiger partial charge in [0.25, 0.3) is 0 Å². The largest absolute Gasteiger partial charge is 0.324 e. The molecule has 4 aromatic rings. The van der Waals surface area contributed by atoms with Crippen molar-refractivity contribution in [2.75, 3.05) is 21.3 Å². The van der Waals surface area contributed by atoms with E-state index in [4.69, 9.17) is 0 Å². The van der Waals surface area contributed by atoms with Gasteiger partial charge in [-0.1, -0.05) is 19.1 Å². The lowest BCUT2D eigenvalue weighted by Gasteiger charge is -2.10. The van der Waals surface area contributed by atoms with Crippen LogP contribution in [0.25, 0.3) is 0 Å². The Balaban J connectivity index is 1.17. The molecule has 172 valence electrons. The molecule has 5 rings (SSSR count). The van der Waals surface area contributed by atoms with Crippen molar-refractivity contribution in [1.82, 2.24) is 20.2 Å². The molecule has 0 spiro atoms. The van der Waals surface area contributed by atoms with Crippen LogP contribution in [-0.2, 0) is 6.42 Å². The first-order valence-electron chi connectivity index (χ1n) is 11.3. The second kappa shape index (κ2) is 9.62. The summed E-state index contributed by atoms with van der Waals surface area (Å²) in [7, 11) is 0. The van der Waals surface area contributed by atoms with Crippen LogP contribution in [0, 0.1) is 0 Å². The van der Waals surface area contributed by atoms with Gasteiger partial charge in [0.15, 0.2) is 5.82 Å². The molecule has 0 unspecified atom stereocenters. The summed E-state index contributed by atoms with van der Waals surface area (Å²) < 4.78 is 0. The summed E-state index contributed by atoms with van der Waals surface area (Å²) in [6.07, 6.45) is 5.03. The Kier molecular flexibility index (Phi) is 6.07. The molecule has 9 heteroatoms. The minimum Gasteiger partial charge on any atom is -0.324 e. The smallest absolute Gasteiger partial charge is 0.323 e. The van der Waals surface area contributed by atoms with E-state index in [9.17, 15) is 4.79 Å². The number of aryl methyl sites for hydroxylation is 1. The lowest BCUT2D eigenvalue weighted by Crippen LogP contribution is -2.19. The third-order valence-corrected chi connectivity index (χ3v) is 5.52. The van der Waals surface area contributed by atoms with Crippen LogP contribution in [0.15, 0.2) is 66.9 Å². The Labute approximate surface area is 197 Å². The predicted octanol–water partition coefficient (Wildman–Crippen LogP) is 5.77. The van der Waals surface area contributed by atoms with E-state index in [1.807, 2.05) is 54.6 Å². The number of rotatable bonds is 8. The van der Waals surface area contributed by atoms with Crippen molar-refractivity contribution in [2.45, 2.75) is 32.1 Å². The van der Waals surface area contributed by atoms with E-state index >= 15 is 0 Å². The molecule has 2 heterocycles. The van der Waals surface area contributed by atoms with Crippen LogP contribution < -0.4 is 21.3 Å². The Morgan fingerprint density at radius 2 is 1.74 bits per heavy atom. The first-order valence-corrected chi connectivity index (χ1v) is 11.3. The molecular formula is C25H26N8O. The molecule has 0 atom stereocenters. The fraction of sp³-hybridized carbons (Fsp3) is 0.200. The molecule has 1 aliphatic rings. The molecule has 1 fully saturated rings. The molecule has 2 amide bonds. The summed E-state index contributed by atoms with van der Waals surface area (Å²) in [5, 5.41) is 19.4. The number of carbonyl (C=O) groups excluding carboxylic acids is 1. The van der Waals surface area contributed by atoms with Crippen LogP contribution in [0.3, 0.4) is 0 Å². The quantitative estimate of drug-likeness (QED) is 0.230. The maximum Gasteiger partial charge on any atom is 0.323 e. The minimum atomic E-state index is -0.292. The molecule has 2 aromatic carbocycles. The van der Waals surface area contributed by atoms with Gasteiger partial charge in [-0.2, -0.15) is 10.1 Å². The molecule has 0 aliphatic heterocycles. The second-order valence-electron chi connectivity index (χ2n) is 8.21. The monoisotopic (exact) mass is 454 g/mol. The lowest BCUT2D eigenvalue weighted by molar-refractivity contribution is 0.262. The summed E-state index contributed by atoms with van der Waals surface area (Å²) >= 11 is 0. The number of aromatic nitrogens is 4. The van der Waals surface area contributed by atoms with E-state index in [2.05, 4.69) is 48.4 Å². The zero-order chi connectivity index (χ0) is 23.3. The van der Waals surface area contributed by atoms with Gasteiger partial charge in [0.2, 0.25) is 5.95 Å². The average molecular weight is 455 g/mol. The van der Waals surface area contributed by atoms with Crippen molar-refractivity contribution in [3.8, 4) is 0 Å². The first-order chi connectivity index (χ1) is 16.6. The van der Waals surface area contributed by atoms with Crippen molar-refractivity contribution >= 4 is 40.7 Å². The number of aromatic amines is 1. The molecule has 2 aromatic heterocycles. The maximum atomic E-state index is 12.3. The molecule has 0 bridgehead atoms. The van der Waals surface area contributed by atoms with Gasteiger partial charge < -0.3 is 21.3 Å².